The lowest BCUT2D eigenvalue weighted by molar-refractivity contribution is -0.113. The van der Waals surface area contributed by atoms with E-state index < -0.39 is 11.7 Å². The Morgan fingerprint density at radius 3 is 2.75 bits per heavy atom. The summed E-state index contributed by atoms with van der Waals surface area (Å²) in [6, 6.07) is 12.6. The molecule has 8 nitrogen and oxygen atoms in total. The van der Waals surface area contributed by atoms with Crippen LogP contribution in [-0.4, -0.2) is 28.0 Å². The number of ether oxygens (including phenoxy) is 2. The molecule has 2 aromatic heterocycles. The molecule has 3 heterocycles. The van der Waals surface area contributed by atoms with Gasteiger partial charge < -0.3 is 19.2 Å². The number of benzene rings is 2. The van der Waals surface area contributed by atoms with E-state index in [4.69, 9.17) is 13.9 Å². The molecule has 0 saturated heterocycles. The molecule has 0 spiro atoms. The second-order valence-corrected chi connectivity index (χ2v) is 7.85. The Balaban J connectivity index is 1.47. The van der Waals surface area contributed by atoms with Crippen LogP contribution in [0, 0.1) is 5.82 Å². The third kappa shape index (κ3) is 3.92. The first-order valence-corrected chi connectivity index (χ1v) is 10.6. The number of nitrogens with zero attached hydrogens (tertiary/aromatic N) is 2. The molecule has 1 amide bonds. The molecule has 162 valence electrons. The van der Waals surface area contributed by atoms with Crippen molar-refractivity contribution >= 4 is 34.3 Å². The summed E-state index contributed by atoms with van der Waals surface area (Å²) in [5.41, 5.74) is 0.207. The average Bonchev–Trinajstić information content (AvgIpc) is 3.46. The van der Waals surface area contributed by atoms with E-state index in [0.29, 0.717) is 33.3 Å². The summed E-state index contributed by atoms with van der Waals surface area (Å²) >= 11 is 1.07. The fourth-order valence-corrected chi connectivity index (χ4v) is 4.08. The average molecular weight is 453 g/mol. The number of para-hydroxylation sites is 1. The summed E-state index contributed by atoms with van der Waals surface area (Å²) in [5, 5.41) is 3.21. The smallest absolute Gasteiger partial charge is 0.262 e. The van der Waals surface area contributed by atoms with Crippen molar-refractivity contribution in [3.63, 3.8) is 0 Å². The minimum atomic E-state index is -0.527. The topological polar surface area (TPSA) is 95.6 Å². The summed E-state index contributed by atoms with van der Waals surface area (Å²) in [7, 11) is 0. The van der Waals surface area contributed by atoms with Crippen molar-refractivity contribution in [2.75, 3.05) is 17.9 Å². The molecule has 32 heavy (non-hydrogen) atoms. The lowest BCUT2D eigenvalue weighted by atomic mass is 10.2. The third-order valence-electron chi connectivity index (χ3n) is 4.79. The maximum atomic E-state index is 13.8. The van der Waals surface area contributed by atoms with E-state index in [1.807, 2.05) is 0 Å². The predicted octanol–water partition coefficient (Wildman–Crippen LogP) is 3.64. The number of anilines is 1. The number of carbonyl (C=O) groups is 1. The molecule has 10 heteroatoms. The van der Waals surface area contributed by atoms with E-state index in [9.17, 15) is 14.0 Å². The van der Waals surface area contributed by atoms with Gasteiger partial charge in [0.05, 0.1) is 35.2 Å². The number of carbonyl (C=O) groups excluding carboxylic acids is 1. The quantitative estimate of drug-likeness (QED) is 0.352. The van der Waals surface area contributed by atoms with Crippen LogP contribution in [0.15, 0.2) is 69.2 Å². The van der Waals surface area contributed by atoms with E-state index in [1.54, 1.807) is 30.3 Å². The molecule has 1 aliphatic heterocycles. The van der Waals surface area contributed by atoms with Crippen molar-refractivity contribution in [1.82, 2.24) is 9.55 Å². The number of rotatable bonds is 6. The summed E-state index contributed by atoms with van der Waals surface area (Å²) in [4.78, 5) is 30.3. The van der Waals surface area contributed by atoms with Crippen molar-refractivity contribution in [3.8, 4) is 11.5 Å². The second kappa shape index (κ2) is 8.39. The molecule has 5 rings (SSSR count). The summed E-state index contributed by atoms with van der Waals surface area (Å²) in [6.45, 7) is 0.213. The van der Waals surface area contributed by atoms with Crippen LogP contribution in [0.1, 0.15) is 5.76 Å². The Kier molecular flexibility index (Phi) is 5.28. The Morgan fingerprint density at radius 2 is 1.97 bits per heavy atom. The van der Waals surface area contributed by atoms with E-state index in [-0.39, 0.29) is 30.3 Å². The highest BCUT2D eigenvalue weighted by molar-refractivity contribution is 7.99. The van der Waals surface area contributed by atoms with Gasteiger partial charge in [-0.3, -0.25) is 14.2 Å². The Morgan fingerprint density at radius 1 is 1.16 bits per heavy atom. The molecule has 2 aromatic carbocycles. The van der Waals surface area contributed by atoms with Crippen LogP contribution in [0.25, 0.3) is 10.9 Å². The zero-order chi connectivity index (χ0) is 22.1. The summed E-state index contributed by atoms with van der Waals surface area (Å²) in [6.07, 6.45) is 1.52. The molecule has 0 aliphatic carbocycles. The SMILES string of the molecule is O=C(CSc1nc2cc3c(cc2c(=O)n1Cc1ccco1)OCO3)Nc1ccccc1F. The lowest BCUT2D eigenvalue weighted by Gasteiger charge is -2.13. The first-order chi connectivity index (χ1) is 15.6. The van der Waals surface area contributed by atoms with Crippen LogP contribution in [0.2, 0.25) is 0 Å². The number of nitrogens with one attached hydrogen (secondary N) is 1. The number of hydrogen-bond donors (Lipinski definition) is 1. The molecular formula is C22H16FN3O5S. The fraction of sp³-hybridized carbons (Fsp3) is 0.136. The normalized spacial score (nSPS) is 12.3. The highest BCUT2D eigenvalue weighted by atomic mass is 32.2. The van der Waals surface area contributed by atoms with Crippen molar-refractivity contribution in [2.45, 2.75) is 11.7 Å². The first-order valence-electron chi connectivity index (χ1n) is 9.62. The fourth-order valence-electron chi connectivity index (χ4n) is 3.28. The van der Waals surface area contributed by atoms with Gasteiger partial charge in [-0.1, -0.05) is 23.9 Å². The number of aromatic nitrogens is 2. The molecule has 0 unspecified atom stereocenters. The molecule has 0 saturated carbocycles. The Hall–Kier alpha value is -3.79. The maximum absolute atomic E-state index is 13.8. The number of furan rings is 1. The van der Waals surface area contributed by atoms with E-state index >= 15 is 0 Å². The molecule has 0 atom stereocenters. The number of hydrogen-bond acceptors (Lipinski definition) is 7. The Labute approximate surface area is 185 Å². The van der Waals surface area contributed by atoms with Crippen LogP contribution in [0.3, 0.4) is 0 Å². The van der Waals surface area contributed by atoms with Crippen molar-refractivity contribution in [3.05, 3.63) is 76.7 Å². The van der Waals surface area contributed by atoms with Gasteiger partial charge in [-0.05, 0) is 30.3 Å². The van der Waals surface area contributed by atoms with Crippen molar-refractivity contribution < 1.29 is 23.1 Å². The monoisotopic (exact) mass is 453 g/mol. The number of fused-ring (bicyclic) bond motifs is 2. The van der Waals surface area contributed by atoms with E-state index in [1.165, 1.54) is 29.0 Å². The van der Waals surface area contributed by atoms with Gasteiger partial charge in [-0.15, -0.1) is 0 Å². The van der Waals surface area contributed by atoms with Crippen LogP contribution in [0.4, 0.5) is 10.1 Å². The molecule has 4 aromatic rings. The van der Waals surface area contributed by atoms with Crippen LogP contribution >= 0.6 is 11.8 Å². The summed E-state index contributed by atoms with van der Waals surface area (Å²) < 4.78 is 31.4. The van der Waals surface area contributed by atoms with Gasteiger partial charge in [0, 0.05) is 6.07 Å². The van der Waals surface area contributed by atoms with Gasteiger partial charge in [-0.2, -0.15) is 0 Å². The molecule has 1 N–H and O–H groups in total. The maximum Gasteiger partial charge on any atom is 0.262 e. The third-order valence-corrected chi connectivity index (χ3v) is 5.76. The number of halogens is 1. The van der Waals surface area contributed by atoms with E-state index in [0.717, 1.165) is 11.8 Å². The van der Waals surface area contributed by atoms with Crippen LogP contribution in [0.5, 0.6) is 11.5 Å². The first kappa shape index (κ1) is 20.1. The molecular weight excluding hydrogens is 437 g/mol. The standard InChI is InChI=1S/C22H16FN3O5S/c23-15-5-1-2-6-16(15)24-20(27)11-32-22-25-17-9-19-18(30-12-31-19)8-14(17)21(28)26(22)10-13-4-3-7-29-13/h1-9H,10-12H2,(H,24,27). The lowest BCUT2D eigenvalue weighted by Crippen LogP contribution is -2.24. The molecule has 0 radical (unpaired) electrons. The zero-order valence-electron chi connectivity index (χ0n) is 16.5. The van der Waals surface area contributed by atoms with Crippen molar-refractivity contribution in [2.24, 2.45) is 0 Å². The zero-order valence-corrected chi connectivity index (χ0v) is 17.4. The van der Waals surface area contributed by atoms with Gasteiger partial charge in [0.15, 0.2) is 16.7 Å². The van der Waals surface area contributed by atoms with Gasteiger partial charge >= 0.3 is 0 Å². The van der Waals surface area contributed by atoms with E-state index in [2.05, 4.69) is 10.3 Å². The van der Waals surface area contributed by atoms with Gasteiger partial charge in [0.25, 0.3) is 5.56 Å². The second-order valence-electron chi connectivity index (χ2n) is 6.90. The van der Waals surface area contributed by atoms with Gasteiger partial charge in [-0.25, -0.2) is 9.37 Å². The largest absolute Gasteiger partial charge is 0.467 e. The predicted molar refractivity (Wildman–Crippen MR) is 116 cm³/mol. The minimum absolute atomic E-state index is 0.0735. The van der Waals surface area contributed by atoms with Crippen LogP contribution < -0.4 is 20.3 Å². The molecule has 0 fully saturated rings. The Bertz CT molecular complexity index is 1370. The van der Waals surface area contributed by atoms with Gasteiger partial charge in [0.1, 0.15) is 11.6 Å². The highest BCUT2D eigenvalue weighted by Gasteiger charge is 2.20. The number of amides is 1. The highest BCUT2D eigenvalue weighted by Crippen LogP contribution is 2.35. The van der Waals surface area contributed by atoms with Crippen LogP contribution in [-0.2, 0) is 11.3 Å². The molecule has 0 bridgehead atoms. The van der Waals surface area contributed by atoms with Crippen molar-refractivity contribution in [1.29, 1.82) is 0 Å². The van der Waals surface area contributed by atoms with Gasteiger partial charge in [0.2, 0.25) is 12.7 Å². The summed E-state index contributed by atoms with van der Waals surface area (Å²) in [5.74, 6) is 0.512. The minimum Gasteiger partial charge on any atom is -0.467 e. The number of thioether (sulfide) groups is 1. The molecule has 1 aliphatic rings.